The lowest BCUT2D eigenvalue weighted by Gasteiger charge is -2.21. The summed E-state index contributed by atoms with van der Waals surface area (Å²) in [6.45, 7) is 6.09. The van der Waals surface area contributed by atoms with Crippen LogP contribution in [0.4, 0.5) is 0 Å². The topological polar surface area (TPSA) is 33.6 Å². The zero-order valence-electron chi connectivity index (χ0n) is 9.74. The molecule has 1 aromatic carbocycles. The highest BCUT2D eigenvalue weighted by Crippen LogP contribution is 2.17. The molecule has 0 radical (unpaired) electrons. The number of nitrogens with zero attached hydrogens (tertiary/aromatic N) is 1. The molecule has 3 nitrogen and oxygen atoms in total. The average molecular weight is 206 g/mol. The Hall–Kier alpha value is -1.51. The smallest absolute Gasteiger partial charge is 0.120 e. The first-order valence-electron chi connectivity index (χ1n) is 5.00. The molecule has 1 N–H and O–H groups in total. The largest absolute Gasteiger partial charge is 0.488 e. The van der Waals surface area contributed by atoms with Gasteiger partial charge >= 0.3 is 0 Å². The normalized spacial score (nSPS) is 11.7. The van der Waals surface area contributed by atoms with Gasteiger partial charge in [0.25, 0.3) is 0 Å². The molecular formula is C12H18N2O. The molecule has 82 valence electrons. The van der Waals surface area contributed by atoms with Crippen LogP contribution in [0.2, 0.25) is 0 Å². The quantitative estimate of drug-likeness (QED) is 0.608. The first-order valence-corrected chi connectivity index (χ1v) is 5.00. The van der Waals surface area contributed by atoms with Crippen LogP contribution in [0.15, 0.2) is 29.4 Å². The van der Waals surface area contributed by atoms with Gasteiger partial charge in [0.15, 0.2) is 0 Å². The third-order valence-electron chi connectivity index (χ3n) is 1.65. The van der Waals surface area contributed by atoms with Crippen LogP contribution in [0.3, 0.4) is 0 Å². The SMILES string of the molecule is CN/N=C/c1ccc(OC(C)(C)C)cc1. The fourth-order valence-electron chi connectivity index (χ4n) is 1.11. The van der Waals surface area contributed by atoms with Crippen LogP contribution in [0.1, 0.15) is 26.3 Å². The Morgan fingerprint density at radius 3 is 2.27 bits per heavy atom. The second-order valence-corrected chi connectivity index (χ2v) is 4.27. The highest BCUT2D eigenvalue weighted by molar-refractivity contribution is 5.79. The van der Waals surface area contributed by atoms with E-state index in [9.17, 15) is 0 Å². The van der Waals surface area contributed by atoms with Gasteiger partial charge in [0.1, 0.15) is 11.4 Å². The second-order valence-electron chi connectivity index (χ2n) is 4.27. The molecule has 0 spiro atoms. The van der Waals surface area contributed by atoms with Crippen molar-refractivity contribution in [1.82, 2.24) is 5.43 Å². The number of hydrogen-bond acceptors (Lipinski definition) is 3. The Labute approximate surface area is 91.1 Å². The van der Waals surface area contributed by atoms with Crippen LogP contribution in [0.5, 0.6) is 5.75 Å². The van der Waals surface area contributed by atoms with Gasteiger partial charge in [0, 0.05) is 7.05 Å². The summed E-state index contributed by atoms with van der Waals surface area (Å²) in [4.78, 5) is 0. The molecule has 0 aliphatic rings. The van der Waals surface area contributed by atoms with Gasteiger partial charge in [0.05, 0.1) is 6.21 Å². The number of nitrogens with one attached hydrogen (secondary N) is 1. The minimum Gasteiger partial charge on any atom is -0.488 e. The van der Waals surface area contributed by atoms with Gasteiger partial charge in [-0.1, -0.05) is 0 Å². The summed E-state index contributed by atoms with van der Waals surface area (Å²) >= 11 is 0. The highest BCUT2D eigenvalue weighted by atomic mass is 16.5. The molecule has 1 rings (SSSR count). The molecule has 0 aromatic heterocycles. The fourth-order valence-corrected chi connectivity index (χ4v) is 1.11. The number of benzene rings is 1. The molecule has 0 aliphatic heterocycles. The minimum absolute atomic E-state index is 0.152. The van der Waals surface area contributed by atoms with E-state index in [2.05, 4.69) is 10.5 Å². The standard InChI is InChI=1S/C12H18N2O/c1-12(2,3)15-11-7-5-10(6-8-11)9-14-13-4/h5-9,13H,1-4H3/b14-9+. The van der Waals surface area contributed by atoms with Crippen LogP contribution < -0.4 is 10.2 Å². The molecule has 0 fully saturated rings. The van der Waals surface area contributed by atoms with Gasteiger partial charge in [-0.15, -0.1) is 0 Å². The van der Waals surface area contributed by atoms with Crippen molar-refractivity contribution in [3.63, 3.8) is 0 Å². The highest BCUT2D eigenvalue weighted by Gasteiger charge is 2.10. The molecule has 0 saturated carbocycles. The monoisotopic (exact) mass is 206 g/mol. The first kappa shape index (κ1) is 11.6. The zero-order valence-corrected chi connectivity index (χ0v) is 9.74. The van der Waals surface area contributed by atoms with E-state index < -0.39 is 0 Å². The van der Waals surface area contributed by atoms with Crippen molar-refractivity contribution < 1.29 is 4.74 Å². The van der Waals surface area contributed by atoms with Crippen LogP contribution >= 0.6 is 0 Å². The molecule has 0 unspecified atom stereocenters. The molecule has 0 heterocycles. The van der Waals surface area contributed by atoms with Crippen molar-refractivity contribution in [1.29, 1.82) is 0 Å². The predicted molar refractivity (Wildman–Crippen MR) is 63.5 cm³/mol. The van der Waals surface area contributed by atoms with Crippen molar-refractivity contribution in [2.75, 3.05) is 7.05 Å². The van der Waals surface area contributed by atoms with E-state index in [0.29, 0.717) is 0 Å². The summed E-state index contributed by atoms with van der Waals surface area (Å²) in [7, 11) is 1.77. The maximum Gasteiger partial charge on any atom is 0.120 e. The average Bonchev–Trinajstić information content (AvgIpc) is 2.14. The van der Waals surface area contributed by atoms with Gasteiger partial charge in [-0.05, 0) is 50.6 Å². The fraction of sp³-hybridized carbons (Fsp3) is 0.417. The lowest BCUT2D eigenvalue weighted by Crippen LogP contribution is -2.22. The zero-order chi connectivity index (χ0) is 11.3. The van der Waals surface area contributed by atoms with Crippen LogP contribution in [0, 0.1) is 0 Å². The van der Waals surface area contributed by atoms with Gasteiger partial charge in [0.2, 0.25) is 0 Å². The van der Waals surface area contributed by atoms with E-state index in [1.807, 2.05) is 45.0 Å². The summed E-state index contributed by atoms with van der Waals surface area (Å²) in [6.07, 6.45) is 1.76. The summed E-state index contributed by atoms with van der Waals surface area (Å²) in [5.74, 6) is 0.879. The summed E-state index contributed by atoms with van der Waals surface area (Å²) in [5, 5.41) is 3.93. The number of ether oxygens (including phenoxy) is 1. The summed E-state index contributed by atoms with van der Waals surface area (Å²) in [6, 6.07) is 7.84. The lowest BCUT2D eigenvalue weighted by molar-refractivity contribution is 0.131. The van der Waals surface area contributed by atoms with Gasteiger partial charge in [-0.25, -0.2) is 0 Å². The van der Waals surface area contributed by atoms with E-state index in [1.165, 1.54) is 0 Å². The predicted octanol–water partition coefficient (Wildman–Crippen LogP) is 2.42. The molecule has 0 saturated heterocycles. The Bertz CT molecular complexity index is 322. The van der Waals surface area contributed by atoms with Crippen LogP contribution in [-0.4, -0.2) is 18.9 Å². The van der Waals surface area contributed by atoms with Crippen LogP contribution in [0.25, 0.3) is 0 Å². The molecule has 0 amide bonds. The molecule has 0 atom stereocenters. The number of hydrazone groups is 1. The Morgan fingerprint density at radius 1 is 1.20 bits per heavy atom. The van der Waals surface area contributed by atoms with E-state index in [-0.39, 0.29) is 5.60 Å². The van der Waals surface area contributed by atoms with Crippen molar-refractivity contribution in [3.8, 4) is 5.75 Å². The number of rotatable bonds is 3. The Morgan fingerprint density at radius 2 is 1.80 bits per heavy atom. The van der Waals surface area contributed by atoms with E-state index >= 15 is 0 Å². The Kier molecular flexibility index (Phi) is 3.72. The first-order chi connectivity index (χ1) is 7.01. The number of hydrogen-bond donors (Lipinski definition) is 1. The molecule has 1 aromatic rings. The molecule has 15 heavy (non-hydrogen) atoms. The van der Waals surface area contributed by atoms with Crippen LogP contribution in [-0.2, 0) is 0 Å². The third kappa shape index (κ3) is 4.49. The third-order valence-corrected chi connectivity index (χ3v) is 1.65. The Balaban J connectivity index is 2.68. The maximum atomic E-state index is 5.70. The minimum atomic E-state index is -0.152. The van der Waals surface area contributed by atoms with Crippen molar-refractivity contribution in [2.45, 2.75) is 26.4 Å². The van der Waals surface area contributed by atoms with Crippen molar-refractivity contribution >= 4 is 6.21 Å². The lowest BCUT2D eigenvalue weighted by atomic mass is 10.2. The summed E-state index contributed by atoms with van der Waals surface area (Å²) < 4.78 is 5.70. The van der Waals surface area contributed by atoms with E-state index in [4.69, 9.17) is 4.74 Å². The van der Waals surface area contributed by atoms with Gasteiger partial charge < -0.3 is 10.2 Å². The van der Waals surface area contributed by atoms with Crippen molar-refractivity contribution in [2.24, 2.45) is 5.10 Å². The van der Waals surface area contributed by atoms with Crippen molar-refractivity contribution in [3.05, 3.63) is 29.8 Å². The molecule has 0 aliphatic carbocycles. The molecule has 3 heteroatoms. The van der Waals surface area contributed by atoms with Gasteiger partial charge in [-0.3, -0.25) is 0 Å². The van der Waals surface area contributed by atoms with E-state index in [1.54, 1.807) is 13.3 Å². The molecule has 0 bridgehead atoms. The maximum absolute atomic E-state index is 5.70. The second kappa shape index (κ2) is 4.82. The molecular weight excluding hydrogens is 188 g/mol. The van der Waals surface area contributed by atoms with Gasteiger partial charge in [-0.2, -0.15) is 5.10 Å². The van der Waals surface area contributed by atoms with E-state index in [0.717, 1.165) is 11.3 Å². The summed E-state index contributed by atoms with van der Waals surface area (Å²) in [5.41, 5.74) is 3.60.